The van der Waals surface area contributed by atoms with E-state index in [0.717, 1.165) is 24.4 Å². The van der Waals surface area contributed by atoms with Crippen molar-refractivity contribution in [3.8, 4) is 11.8 Å². The van der Waals surface area contributed by atoms with Crippen molar-refractivity contribution >= 4 is 17.2 Å². The molecule has 2 N–H and O–H groups in total. The third kappa shape index (κ3) is 5.50. The number of nitrogens with one attached hydrogen (secondary N) is 1. The fourth-order valence-corrected chi connectivity index (χ4v) is 3.09. The smallest absolute Gasteiger partial charge is 0.252 e. The molecule has 114 valence electrons. The second-order valence-electron chi connectivity index (χ2n) is 5.13. The van der Waals surface area contributed by atoms with E-state index in [2.05, 4.69) is 22.1 Å². The van der Waals surface area contributed by atoms with Crippen LogP contribution >= 0.6 is 11.3 Å². The van der Waals surface area contributed by atoms with Gasteiger partial charge in [-0.1, -0.05) is 11.8 Å². The summed E-state index contributed by atoms with van der Waals surface area (Å²) in [6, 6.07) is 1.81. The van der Waals surface area contributed by atoms with Gasteiger partial charge in [0.25, 0.3) is 5.91 Å². The minimum absolute atomic E-state index is 0.0251. The topological polar surface area (TPSA) is 52.6 Å². The lowest BCUT2D eigenvalue weighted by Gasteiger charge is -2.14. The van der Waals surface area contributed by atoms with Crippen LogP contribution in [0.25, 0.3) is 0 Å². The van der Waals surface area contributed by atoms with E-state index in [0.29, 0.717) is 12.0 Å². The molecule has 0 unspecified atom stereocenters. The standard InChI is InChI=1S/C16H22N2O2S/c19-11-4-1-6-15-12-14(13-21-15)16(20)17-7-5-10-18-8-2-3-9-18/h12-13,19H,2-5,7-11H2,(H,17,20). The van der Waals surface area contributed by atoms with Crippen molar-refractivity contribution < 1.29 is 9.90 Å². The van der Waals surface area contributed by atoms with Gasteiger partial charge in [0.15, 0.2) is 0 Å². The third-order valence-electron chi connectivity index (χ3n) is 3.45. The zero-order valence-corrected chi connectivity index (χ0v) is 13.0. The fraction of sp³-hybridized carbons (Fsp3) is 0.562. The van der Waals surface area contributed by atoms with Gasteiger partial charge in [0, 0.05) is 18.3 Å². The molecule has 21 heavy (non-hydrogen) atoms. The van der Waals surface area contributed by atoms with Gasteiger partial charge in [0.2, 0.25) is 0 Å². The summed E-state index contributed by atoms with van der Waals surface area (Å²) in [6.07, 6.45) is 4.08. The second-order valence-corrected chi connectivity index (χ2v) is 6.04. The van der Waals surface area contributed by atoms with Crippen LogP contribution in [-0.2, 0) is 0 Å². The molecule has 2 heterocycles. The van der Waals surface area contributed by atoms with Crippen molar-refractivity contribution in [1.29, 1.82) is 0 Å². The highest BCUT2D eigenvalue weighted by Crippen LogP contribution is 2.13. The average Bonchev–Trinajstić information content (AvgIpc) is 3.15. The van der Waals surface area contributed by atoms with Gasteiger partial charge in [0.05, 0.1) is 17.0 Å². The van der Waals surface area contributed by atoms with Crippen LogP contribution in [0.5, 0.6) is 0 Å². The molecule has 1 saturated heterocycles. The molecule has 1 fully saturated rings. The number of hydrogen-bond donors (Lipinski definition) is 2. The Morgan fingerprint density at radius 3 is 3.00 bits per heavy atom. The van der Waals surface area contributed by atoms with E-state index in [9.17, 15) is 4.79 Å². The molecule has 2 rings (SSSR count). The molecule has 1 aromatic rings. The fourth-order valence-electron chi connectivity index (χ4n) is 2.34. The van der Waals surface area contributed by atoms with Crippen LogP contribution in [-0.4, -0.2) is 48.7 Å². The predicted octanol–water partition coefficient (Wildman–Crippen LogP) is 1.70. The molecule has 1 aliphatic rings. The van der Waals surface area contributed by atoms with Crippen molar-refractivity contribution in [2.24, 2.45) is 0 Å². The number of aliphatic hydroxyl groups excluding tert-OH is 1. The van der Waals surface area contributed by atoms with Crippen LogP contribution in [0.4, 0.5) is 0 Å². The average molecular weight is 306 g/mol. The largest absolute Gasteiger partial charge is 0.395 e. The Labute approximate surface area is 130 Å². The normalized spacial score (nSPS) is 14.7. The van der Waals surface area contributed by atoms with Crippen molar-refractivity contribution in [2.75, 3.05) is 32.8 Å². The van der Waals surface area contributed by atoms with Crippen LogP contribution in [0.3, 0.4) is 0 Å². The number of amides is 1. The molecular weight excluding hydrogens is 284 g/mol. The molecule has 0 radical (unpaired) electrons. The lowest BCUT2D eigenvalue weighted by molar-refractivity contribution is 0.0952. The summed E-state index contributed by atoms with van der Waals surface area (Å²) in [4.78, 5) is 15.3. The van der Waals surface area contributed by atoms with Gasteiger partial charge >= 0.3 is 0 Å². The first kappa shape index (κ1) is 16.0. The molecule has 0 spiro atoms. The lowest BCUT2D eigenvalue weighted by atomic mass is 10.3. The molecule has 0 atom stereocenters. The molecule has 4 nitrogen and oxygen atoms in total. The van der Waals surface area contributed by atoms with Gasteiger partial charge in [-0.3, -0.25) is 4.79 Å². The number of aliphatic hydroxyl groups is 1. The van der Waals surface area contributed by atoms with Gasteiger partial charge in [-0.2, -0.15) is 0 Å². The zero-order chi connectivity index (χ0) is 14.9. The summed E-state index contributed by atoms with van der Waals surface area (Å²) in [5.74, 6) is 5.78. The summed E-state index contributed by atoms with van der Waals surface area (Å²) in [7, 11) is 0. The minimum atomic E-state index is -0.0251. The molecule has 0 saturated carbocycles. The summed E-state index contributed by atoms with van der Waals surface area (Å²) < 4.78 is 0. The summed E-state index contributed by atoms with van der Waals surface area (Å²) in [5, 5.41) is 13.5. The maximum atomic E-state index is 12.0. The first-order valence-electron chi connectivity index (χ1n) is 7.48. The number of hydrogen-bond acceptors (Lipinski definition) is 4. The predicted molar refractivity (Wildman–Crippen MR) is 85.5 cm³/mol. The van der Waals surface area contributed by atoms with E-state index >= 15 is 0 Å². The lowest BCUT2D eigenvalue weighted by Crippen LogP contribution is -2.28. The Morgan fingerprint density at radius 1 is 1.43 bits per heavy atom. The minimum Gasteiger partial charge on any atom is -0.395 e. The van der Waals surface area contributed by atoms with E-state index in [1.807, 2.05) is 11.4 Å². The van der Waals surface area contributed by atoms with Gasteiger partial charge in [-0.15, -0.1) is 11.3 Å². The Hall–Kier alpha value is -1.35. The number of carbonyl (C=O) groups is 1. The first-order valence-corrected chi connectivity index (χ1v) is 8.36. The molecule has 0 bridgehead atoms. The van der Waals surface area contributed by atoms with E-state index < -0.39 is 0 Å². The summed E-state index contributed by atoms with van der Waals surface area (Å²) >= 11 is 1.46. The summed E-state index contributed by atoms with van der Waals surface area (Å²) in [5.41, 5.74) is 0.675. The Morgan fingerprint density at radius 2 is 2.24 bits per heavy atom. The van der Waals surface area contributed by atoms with Crippen LogP contribution in [0.15, 0.2) is 11.4 Å². The van der Waals surface area contributed by atoms with E-state index in [1.165, 1.54) is 37.3 Å². The van der Waals surface area contributed by atoms with E-state index in [1.54, 1.807) is 0 Å². The van der Waals surface area contributed by atoms with Crippen molar-refractivity contribution in [1.82, 2.24) is 10.2 Å². The van der Waals surface area contributed by atoms with E-state index in [4.69, 9.17) is 5.11 Å². The SMILES string of the molecule is O=C(NCCCN1CCCC1)c1csc(C#CCCO)c1. The number of rotatable bonds is 6. The highest BCUT2D eigenvalue weighted by Gasteiger charge is 2.11. The Kier molecular flexibility index (Phi) is 6.74. The van der Waals surface area contributed by atoms with Crippen LogP contribution < -0.4 is 5.32 Å². The molecule has 1 amide bonds. The van der Waals surface area contributed by atoms with Crippen LogP contribution in [0.2, 0.25) is 0 Å². The van der Waals surface area contributed by atoms with Crippen LogP contribution in [0.1, 0.15) is 40.9 Å². The van der Waals surface area contributed by atoms with Crippen molar-refractivity contribution in [2.45, 2.75) is 25.7 Å². The van der Waals surface area contributed by atoms with Crippen molar-refractivity contribution in [3.63, 3.8) is 0 Å². The van der Waals surface area contributed by atoms with E-state index in [-0.39, 0.29) is 12.5 Å². The quantitative estimate of drug-likeness (QED) is 0.621. The molecule has 1 aliphatic heterocycles. The van der Waals surface area contributed by atoms with Gasteiger partial charge in [-0.25, -0.2) is 0 Å². The second kappa shape index (κ2) is 8.83. The molecule has 5 heteroatoms. The molecule has 0 aromatic carbocycles. The van der Waals surface area contributed by atoms with Gasteiger partial charge in [-0.05, 0) is 45.0 Å². The Balaban J connectivity index is 1.69. The monoisotopic (exact) mass is 306 g/mol. The molecule has 0 aliphatic carbocycles. The number of thiophene rings is 1. The third-order valence-corrected chi connectivity index (χ3v) is 4.29. The number of carbonyl (C=O) groups excluding carboxylic acids is 1. The summed E-state index contributed by atoms with van der Waals surface area (Å²) in [6.45, 7) is 4.27. The van der Waals surface area contributed by atoms with Gasteiger partial charge in [0.1, 0.15) is 0 Å². The molecule has 1 aromatic heterocycles. The highest BCUT2D eigenvalue weighted by atomic mass is 32.1. The highest BCUT2D eigenvalue weighted by molar-refractivity contribution is 7.10. The zero-order valence-electron chi connectivity index (χ0n) is 12.2. The number of nitrogens with zero attached hydrogens (tertiary/aromatic N) is 1. The molecular formula is C16H22N2O2S. The maximum Gasteiger partial charge on any atom is 0.252 e. The van der Waals surface area contributed by atoms with Crippen molar-refractivity contribution in [3.05, 3.63) is 21.9 Å². The van der Waals surface area contributed by atoms with Crippen LogP contribution in [0, 0.1) is 11.8 Å². The Bertz CT molecular complexity index is 510. The maximum absolute atomic E-state index is 12.0. The number of likely N-dealkylation sites (tertiary alicyclic amines) is 1. The van der Waals surface area contributed by atoms with Gasteiger partial charge < -0.3 is 15.3 Å². The first-order chi connectivity index (χ1) is 10.3.